The molecule has 0 atom stereocenters. The fourth-order valence-corrected chi connectivity index (χ4v) is 3.41. The number of urea groups is 1. The van der Waals surface area contributed by atoms with Crippen molar-refractivity contribution >= 4 is 40.8 Å². The number of rotatable bonds is 3. The van der Waals surface area contributed by atoms with Crippen LogP contribution in [0.25, 0.3) is 0 Å². The number of piperazine rings is 1. The Morgan fingerprint density at radius 3 is 2.23 bits per heavy atom. The largest absolute Gasteiger partial charge is 0.378 e. The number of hydrogen-bond acceptors (Lipinski definition) is 5. The first-order valence-electron chi connectivity index (χ1n) is 8.48. The van der Waals surface area contributed by atoms with E-state index >= 15 is 0 Å². The first-order chi connectivity index (χ1) is 12.5. The van der Waals surface area contributed by atoms with Crippen molar-refractivity contribution < 1.29 is 14.3 Å². The molecule has 26 heavy (non-hydrogen) atoms. The Bertz CT molecular complexity index is 641. The summed E-state index contributed by atoms with van der Waals surface area (Å²) in [5, 5.41) is 3.21. The fraction of sp³-hybridized carbons (Fsp3) is 0.562. The van der Waals surface area contributed by atoms with Crippen LogP contribution in [0.15, 0.2) is 12.1 Å². The zero-order valence-corrected chi connectivity index (χ0v) is 15.8. The minimum Gasteiger partial charge on any atom is -0.378 e. The molecule has 2 fully saturated rings. The van der Waals surface area contributed by atoms with E-state index in [0.29, 0.717) is 64.7 Å². The van der Waals surface area contributed by atoms with Gasteiger partial charge in [-0.3, -0.25) is 9.69 Å². The smallest absolute Gasteiger partial charge is 0.321 e. The van der Waals surface area contributed by atoms with E-state index in [1.807, 2.05) is 4.90 Å². The van der Waals surface area contributed by atoms with Gasteiger partial charge >= 0.3 is 6.03 Å². The first kappa shape index (κ1) is 19.2. The lowest BCUT2D eigenvalue weighted by Crippen LogP contribution is -2.53. The number of anilines is 1. The third-order valence-corrected chi connectivity index (χ3v) is 4.78. The lowest BCUT2D eigenvalue weighted by molar-refractivity contribution is -0.136. The number of hydrogen-bond donors (Lipinski definition) is 1. The maximum absolute atomic E-state index is 12.4. The van der Waals surface area contributed by atoms with E-state index in [4.69, 9.17) is 27.9 Å². The second-order valence-corrected chi connectivity index (χ2v) is 6.96. The second-order valence-electron chi connectivity index (χ2n) is 6.19. The van der Waals surface area contributed by atoms with Crippen LogP contribution >= 0.6 is 23.2 Å². The van der Waals surface area contributed by atoms with E-state index in [9.17, 15) is 9.59 Å². The number of nitrogens with zero attached hydrogens (tertiary/aromatic N) is 4. The van der Waals surface area contributed by atoms with Gasteiger partial charge in [0, 0.05) is 45.0 Å². The number of aromatic nitrogens is 1. The maximum atomic E-state index is 12.4. The molecule has 3 heterocycles. The van der Waals surface area contributed by atoms with Gasteiger partial charge in [-0.2, -0.15) is 0 Å². The molecule has 142 valence electrons. The molecule has 8 nitrogen and oxygen atoms in total. The van der Waals surface area contributed by atoms with Gasteiger partial charge in [-0.05, 0) is 12.1 Å². The Balaban J connectivity index is 1.45. The lowest BCUT2D eigenvalue weighted by Gasteiger charge is -2.36. The van der Waals surface area contributed by atoms with Crippen LogP contribution in [0.2, 0.25) is 10.3 Å². The second kappa shape index (κ2) is 8.85. The SMILES string of the molecule is O=C(CN1CCN(C(=O)Nc2cc(Cl)nc(Cl)c2)CC1)N1CCOCC1. The highest BCUT2D eigenvalue weighted by atomic mass is 35.5. The number of nitrogens with one attached hydrogen (secondary N) is 1. The van der Waals surface area contributed by atoms with Crippen LogP contribution in [-0.4, -0.2) is 90.6 Å². The van der Waals surface area contributed by atoms with Crippen LogP contribution in [0.4, 0.5) is 10.5 Å². The summed E-state index contributed by atoms with van der Waals surface area (Å²) in [7, 11) is 0. The van der Waals surface area contributed by atoms with Crippen LogP contribution in [0.5, 0.6) is 0 Å². The van der Waals surface area contributed by atoms with E-state index < -0.39 is 0 Å². The minimum absolute atomic E-state index is 0.118. The highest BCUT2D eigenvalue weighted by Crippen LogP contribution is 2.19. The number of carbonyl (C=O) groups excluding carboxylic acids is 2. The summed E-state index contributed by atoms with van der Waals surface area (Å²) in [6, 6.07) is 2.87. The molecule has 0 spiro atoms. The highest BCUT2D eigenvalue weighted by Gasteiger charge is 2.25. The number of morpholine rings is 1. The quantitative estimate of drug-likeness (QED) is 0.774. The summed E-state index contributed by atoms with van der Waals surface area (Å²) >= 11 is 11.7. The van der Waals surface area contributed by atoms with E-state index in [1.165, 1.54) is 0 Å². The van der Waals surface area contributed by atoms with E-state index in [2.05, 4.69) is 15.2 Å². The molecule has 2 aliphatic rings. The first-order valence-corrected chi connectivity index (χ1v) is 9.24. The topological polar surface area (TPSA) is 78.0 Å². The molecule has 0 unspecified atom stereocenters. The molecule has 3 rings (SSSR count). The monoisotopic (exact) mass is 401 g/mol. The number of amides is 3. The molecule has 0 aliphatic carbocycles. The van der Waals surface area contributed by atoms with Crippen molar-refractivity contribution in [1.29, 1.82) is 0 Å². The minimum atomic E-state index is -0.220. The van der Waals surface area contributed by atoms with Gasteiger partial charge in [-0.25, -0.2) is 9.78 Å². The van der Waals surface area contributed by atoms with Crippen molar-refractivity contribution in [2.75, 3.05) is 64.3 Å². The number of carbonyl (C=O) groups is 2. The van der Waals surface area contributed by atoms with Crippen LogP contribution in [0.3, 0.4) is 0 Å². The summed E-state index contributed by atoms with van der Waals surface area (Å²) < 4.78 is 5.26. The molecule has 10 heteroatoms. The molecule has 1 aromatic heterocycles. The Labute approximate surface area is 162 Å². The molecule has 1 N–H and O–H groups in total. The van der Waals surface area contributed by atoms with Gasteiger partial charge in [0.2, 0.25) is 5.91 Å². The summed E-state index contributed by atoms with van der Waals surface area (Å²) in [6.45, 7) is 5.29. The zero-order valence-electron chi connectivity index (χ0n) is 14.3. The van der Waals surface area contributed by atoms with Gasteiger partial charge in [0.1, 0.15) is 10.3 Å². The van der Waals surface area contributed by atoms with Gasteiger partial charge in [-0.1, -0.05) is 23.2 Å². The maximum Gasteiger partial charge on any atom is 0.321 e. The lowest BCUT2D eigenvalue weighted by atomic mass is 10.3. The summed E-state index contributed by atoms with van der Waals surface area (Å²) in [5.41, 5.74) is 0.505. The van der Waals surface area contributed by atoms with Crippen LogP contribution in [0, 0.1) is 0 Å². The number of halogens is 2. The zero-order chi connectivity index (χ0) is 18.5. The Hall–Kier alpha value is -1.61. The molecule has 0 saturated carbocycles. The molecule has 0 aromatic carbocycles. The van der Waals surface area contributed by atoms with Gasteiger partial charge in [-0.15, -0.1) is 0 Å². The van der Waals surface area contributed by atoms with E-state index in [1.54, 1.807) is 17.0 Å². The van der Waals surface area contributed by atoms with Crippen molar-refractivity contribution in [1.82, 2.24) is 19.7 Å². The van der Waals surface area contributed by atoms with Crippen molar-refractivity contribution in [3.8, 4) is 0 Å². The molecular weight excluding hydrogens is 381 g/mol. The Morgan fingerprint density at radius 1 is 1.00 bits per heavy atom. The third kappa shape index (κ3) is 5.20. The third-order valence-electron chi connectivity index (χ3n) is 4.40. The predicted octanol–water partition coefficient (Wildman–Crippen LogP) is 1.40. The van der Waals surface area contributed by atoms with Crippen LogP contribution in [-0.2, 0) is 9.53 Å². The summed E-state index contributed by atoms with van der Waals surface area (Å²) in [5.74, 6) is 0.118. The average molecular weight is 402 g/mol. The van der Waals surface area contributed by atoms with E-state index in [0.717, 1.165) is 0 Å². The number of pyridine rings is 1. The predicted molar refractivity (Wildman–Crippen MR) is 98.7 cm³/mol. The molecule has 3 amide bonds. The molecule has 2 saturated heterocycles. The van der Waals surface area contributed by atoms with Gasteiger partial charge < -0.3 is 19.9 Å². The summed E-state index contributed by atoms with van der Waals surface area (Å²) in [4.78, 5) is 34.1. The van der Waals surface area contributed by atoms with Crippen molar-refractivity contribution in [3.05, 3.63) is 22.4 Å². The average Bonchev–Trinajstić information content (AvgIpc) is 2.62. The van der Waals surface area contributed by atoms with E-state index in [-0.39, 0.29) is 22.2 Å². The van der Waals surface area contributed by atoms with Gasteiger partial charge in [0.05, 0.1) is 19.8 Å². The van der Waals surface area contributed by atoms with Gasteiger partial charge in [0.15, 0.2) is 0 Å². The molecule has 1 aromatic rings. The van der Waals surface area contributed by atoms with Crippen molar-refractivity contribution in [2.45, 2.75) is 0 Å². The summed E-state index contributed by atoms with van der Waals surface area (Å²) in [6.07, 6.45) is 0. The molecule has 0 radical (unpaired) electrons. The van der Waals surface area contributed by atoms with Crippen LogP contribution < -0.4 is 5.32 Å². The van der Waals surface area contributed by atoms with Crippen molar-refractivity contribution in [2.24, 2.45) is 0 Å². The molecule has 2 aliphatic heterocycles. The van der Waals surface area contributed by atoms with Crippen molar-refractivity contribution in [3.63, 3.8) is 0 Å². The Morgan fingerprint density at radius 2 is 1.62 bits per heavy atom. The standard InChI is InChI=1S/C16H21Cl2N5O3/c17-13-9-12(10-14(18)20-13)19-16(25)23-3-1-21(2-4-23)11-15(24)22-5-7-26-8-6-22/h9-10H,1-8,11H2,(H,19,20,25). The number of ether oxygens (including phenoxy) is 1. The molecular formula is C16H21Cl2N5O3. The normalized spacial score (nSPS) is 18.7. The molecule has 0 bridgehead atoms. The van der Waals surface area contributed by atoms with Gasteiger partial charge in [0.25, 0.3) is 0 Å². The Kier molecular flexibility index (Phi) is 6.53. The fourth-order valence-electron chi connectivity index (χ4n) is 2.95. The van der Waals surface area contributed by atoms with Crippen LogP contribution in [0.1, 0.15) is 0 Å². The highest BCUT2D eigenvalue weighted by molar-refractivity contribution is 6.32.